The van der Waals surface area contributed by atoms with Crippen LogP contribution in [0.3, 0.4) is 0 Å². The smallest absolute Gasteiger partial charge is 0.173 e. The number of hydrogen-bond donors (Lipinski definition) is 2. The van der Waals surface area contributed by atoms with Crippen molar-refractivity contribution >= 4 is 5.78 Å². The highest BCUT2D eigenvalue weighted by molar-refractivity contribution is 5.99. The van der Waals surface area contributed by atoms with E-state index in [4.69, 9.17) is 0 Å². The summed E-state index contributed by atoms with van der Waals surface area (Å²) in [4.78, 5) is 12.2. The van der Waals surface area contributed by atoms with Crippen LogP contribution in [0.5, 0.6) is 0 Å². The van der Waals surface area contributed by atoms with E-state index in [1.54, 1.807) is 0 Å². The average molecular weight is 268 g/mol. The van der Waals surface area contributed by atoms with E-state index in [0.29, 0.717) is 25.2 Å². The SMILES string of the molecule is CC1(C)CC(O)(C2(O)CCC(C(C)(C)C)CC2)C1=O. The van der Waals surface area contributed by atoms with Gasteiger partial charge in [0.25, 0.3) is 0 Å². The standard InChI is InChI=1S/C16H28O3/c1-13(2,3)11-6-8-15(18,9-7-11)16(19)10-14(4,5)12(16)17/h11,18-19H,6-10H2,1-5H3. The second-order valence-corrected chi connectivity index (χ2v) is 8.42. The Hall–Kier alpha value is -0.410. The molecule has 3 nitrogen and oxygen atoms in total. The molecule has 0 radical (unpaired) electrons. The Morgan fingerprint density at radius 2 is 1.58 bits per heavy atom. The molecule has 110 valence electrons. The van der Waals surface area contributed by atoms with Gasteiger partial charge >= 0.3 is 0 Å². The molecule has 0 saturated heterocycles. The highest BCUT2D eigenvalue weighted by atomic mass is 16.4. The van der Waals surface area contributed by atoms with E-state index in [1.165, 1.54) is 0 Å². The lowest BCUT2D eigenvalue weighted by Gasteiger charge is -2.57. The Kier molecular flexibility index (Phi) is 3.19. The molecule has 0 aromatic carbocycles. The van der Waals surface area contributed by atoms with Gasteiger partial charge in [0.15, 0.2) is 11.4 Å². The fourth-order valence-electron chi connectivity index (χ4n) is 4.00. The molecule has 1 atom stereocenters. The summed E-state index contributed by atoms with van der Waals surface area (Å²) in [5.41, 5.74) is -2.96. The maximum Gasteiger partial charge on any atom is 0.173 e. The summed E-state index contributed by atoms with van der Waals surface area (Å²) in [5, 5.41) is 21.4. The predicted octanol–water partition coefficient (Wildman–Crippen LogP) is 2.68. The number of rotatable bonds is 1. The van der Waals surface area contributed by atoms with Crippen molar-refractivity contribution in [2.75, 3.05) is 0 Å². The third kappa shape index (κ3) is 2.15. The van der Waals surface area contributed by atoms with Crippen LogP contribution in [-0.2, 0) is 4.79 Å². The molecule has 0 heterocycles. The molecule has 2 fully saturated rings. The molecule has 0 aromatic heterocycles. The van der Waals surface area contributed by atoms with Crippen molar-refractivity contribution in [3.8, 4) is 0 Å². The topological polar surface area (TPSA) is 57.5 Å². The van der Waals surface area contributed by atoms with E-state index in [0.717, 1.165) is 12.8 Å². The van der Waals surface area contributed by atoms with Crippen molar-refractivity contribution in [3.63, 3.8) is 0 Å². The average Bonchev–Trinajstić information content (AvgIpc) is 2.27. The monoisotopic (exact) mass is 268 g/mol. The summed E-state index contributed by atoms with van der Waals surface area (Å²) in [6, 6.07) is 0. The third-order valence-corrected chi connectivity index (χ3v) is 5.50. The van der Waals surface area contributed by atoms with Gasteiger partial charge < -0.3 is 10.2 Å². The normalized spacial score (nSPS) is 42.9. The highest BCUT2D eigenvalue weighted by Gasteiger charge is 2.67. The Labute approximate surface area is 116 Å². The Balaban J connectivity index is 2.10. The zero-order valence-corrected chi connectivity index (χ0v) is 12.9. The molecule has 19 heavy (non-hydrogen) atoms. The second kappa shape index (κ2) is 4.05. The Bertz CT molecular complexity index is 383. The first kappa shape index (κ1) is 15.0. The lowest BCUT2D eigenvalue weighted by atomic mass is 9.50. The molecule has 0 aromatic rings. The van der Waals surface area contributed by atoms with E-state index in [9.17, 15) is 15.0 Å². The van der Waals surface area contributed by atoms with Crippen molar-refractivity contribution in [1.82, 2.24) is 0 Å². The first-order valence-corrected chi connectivity index (χ1v) is 7.42. The summed E-state index contributed by atoms with van der Waals surface area (Å²) < 4.78 is 0. The molecule has 0 aliphatic heterocycles. The first-order valence-electron chi connectivity index (χ1n) is 7.42. The van der Waals surface area contributed by atoms with E-state index >= 15 is 0 Å². The van der Waals surface area contributed by atoms with E-state index in [1.807, 2.05) is 13.8 Å². The van der Waals surface area contributed by atoms with Crippen LogP contribution in [0.2, 0.25) is 0 Å². The fraction of sp³-hybridized carbons (Fsp3) is 0.938. The van der Waals surface area contributed by atoms with Crippen molar-refractivity contribution in [2.24, 2.45) is 16.7 Å². The van der Waals surface area contributed by atoms with Crippen molar-refractivity contribution in [1.29, 1.82) is 0 Å². The minimum atomic E-state index is -1.50. The van der Waals surface area contributed by atoms with Gasteiger partial charge in [-0.3, -0.25) is 4.79 Å². The number of Topliss-reactive ketones (excluding diaryl/α,β-unsaturated/α-hetero) is 1. The first-order chi connectivity index (χ1) is 8.42. The van der Waals surface area contributed by atoms with Gasteiger partial charge in [-0.1, -0.05) is 34.6 Å². The molecule has 2 aliphatic carbocycles. The van der Waals surface area contributed by atoms with Crippen LogP contribution >= 0.6 is 0 Å². The summed E-state index contributed by atoms with van der Waals surface area (Å²) in [6.07, 6.45) is 3.22. The minimum absolute atomic E-state index is 0.184. The maximum absolute atomic E-state index is 12.2. The van der Waals surface area contributed by atoms with Gasteiger partial charge in [0.2, 0.25) is 0 Å². The quantitative estimate of drug-likeness (QED) is 0.768. The molecular weight excluding hydrogens is 240 g/mol. The predicted molar refractivity (Wildman–Crippen MR) is 74.7 cm³/mol. The Morgan fingerprint density at radius 3 is 1.89 bits per heavy atom. The van der Waals surface area contributed by atoms with Gasteiger partial charge in [-0.15, -0.1) is 0 Å². The maximum atomic E-state index is 12.2. The van der Waals surface area contributed by atoms with Gasteiger partial charge in [0, 0.05) is 5.41 Å². The highest BCUT2D eigenvalue weighted by Crippen LogP contribution is 2.55. The van der Waals surface area contributed by atoms with E-state index in [2.05, 4.69) is 20.8 Å². The molecule has 3 heteroatoms. The van der Waals surface area contributed by atoms with Crippen LogP contribution in [0, 0.1) is 16.7 Å². The van der Waals surface area contributed by atoms with Gasteiger partial charge in [-0.2, -0.15) is 0 Å². The summed E-state index contributed by atoms with van der Waals surface area (Å²) >= 11 is 0. The summed E-state index contributed by atoms with van der Waals surface area (Å²) in [5.74, 6) is 0.372. The molecule has 0 amide bonds. The zero-order valence-electron chi connectivity index (χ0n) is 12.9. The molecule has 2 N–H and O–H groups in total. The molecule has 2 saturated carbocycles. The van der Waals surface area contributed by atoms with Crippen LogP contribution in [0.1, 0.15) is 66.7 Å². The molecule has 2 aliphatic rings. The number of aliphatic hydroxyl groups is 2. The summed E-state index contributed by atoms with van der Waals surface area (Å²) in [6.45, 7) is 10.3. The van der Waals surface area contributed by atoms with Crippen LogP contribution in [0.15, 0.2) is 0 Å². The van der Waals surface area contributed by atoms with Crippen molar-refractivity contribution < 1.29 is 15.0 Å². The molecule has 0 bridgehead atoms. The van der Waals surface area contributed by atoms with E-state index < -0.39 is 16.6 Å². The van der Waals surface area contributed by atoms with Gasteiger partial charge in [-0.25, -0.2) is 0 Å². The lowest BCUT2D eigenvalue weighted by Crippen LogP contribution is -2.72. The van der Waals surface area contributed by atoms with Crippen LogP contribution in [0.25, 0.3) is 0 Å². The number of carbonyl (C=O) groups is 1. The van der Waals surface area contributed by atoms with Crippen LogP contribution < -0.4 is 0 Å². The van der Waals surface area contributed by atoms with Gasteiger partial charge in [0.05, 0.1) is 0 Å². The fourth-order valence-corrected chi connectivity index (χ4v) is 4.00. The molecule has 0 spiro atoms. The molecule has 1 unspecified atom stereocenters. The van der Waals surface area contributed by atoms with Gasteiger partial charge in [0.1, 0.15) is 5.60 Å². The van der Waals surface area contributed by atoms with Crippen LogP contribution in [0.4, 0.5) is 0 Å². The Morgan fingerprint density at radius 1 is 1.11 bits per heavy atom. The van der Waals surface area contributed by atoms with E-state index in [-0.39, 0.29) is 11.2 Å². The van der Waals surface area contributed by atoms with Gasteiger partial charge in [-0.05, 0) is 43.4 Å². The number of carbonyl (C=O) groups excluding carboxylic acids is 1. The largest absolute Gasteiger partial charge is 0.386 e. The van der Waals surface area contributed by atoms with Crippen molar-refractivity contribution in [3.05, 3.63) is 0 Å². The molecule has 2 rings (SSSR count). The number of hydrogen-bond acceptors (Lipinski definition) is 3. The zero-order chi connectivity index (χ0) is 14.7. The number of ketones is 1. The molecular formula is C16H28O3. The second-order valence-electron chi connectivity index (χ2n) is 8.42. The minimum Gasteiger partial charge on any atom is -0.386 e. The van der Waals surface area contributed by atoms with Crippen molar-refractivity contribution in [2.45, 2.75) is 77.9 Å². The lowest BCUT2D eigenvalue weighted by molar-refractivity contribution is -0.227. The van der Waals surface area contributed by atoms with Crippen LogP contribution in [-0.4, -0.2) is 27.2 Å². The summed E-state index contributed by atoms with van der Waals surface area (Å²) in [7, 11) is 0. The third-order valence-electron chi connectivity index (χ3n) is 5.50.